The molecule has 6 unspecified atom stereocenters. The largest absolute Gasteiger partial charge is 0.472 e. The fourth-order valence-corrected chi connectivity index (χ4v) is 6.00. The van der Waals surface area contributed by atoms with Crippen molar-refractivity contribution in [1.29, 1.82) is 0 Å². The number of phosphoric ester groups is 1. The van der Waals surface area contributed by atoms with Crippen LogP contribution in [0.1, 0.15) is 123 Å². The monoisotopic (exact) mass is 682 g/mol. The van der Waals surface area contributed by atoms with Gasteiger partial charge in [0.2, 0.25) is 0 Å². The highest BCUT2D eigenvalue weighted by Gasteiger charge is 2.51. The van der Waals surface area contributed by atoms with Gasteiger partial charge in [0.15, 0.2) is 6.10 Å². The lowest BCUT2D eigenvalue weighted by Gasteiger charge is -2.41. The fraction of sp³-hybridized carbons (Fsp3) is 0.875. The molecule has 1 fully saturated rings. The molecule has 0 aliphatic heterocycles. The molecule has 13 nitrogen and oxygen atoms in total. The minimum atomic E-state index is -5.08. The third-order valence-electron chi connectivity index (χ3n) is 7.91. The van der Waals surface area contributed by atoms with Crippen molar-refractivity contribution in [2.24, 2.45) is 0 Å². The van der Waals surface area contributed by atoms with E-state index in [1.54, 1.807) is 6.92 Å². The molecule has 0 amide bonds. The summed E-state index contributed by atoms with van der Waals surface area (Å²) in [6, 6.07) is 0. The number of carbonyl (C=O) groups excluding carboxylic acids is 2. The molecular weight excluding hydrogens is 623 g/mol. The number of rotatable bonds is 26. The van der Waals surface area contributed by atoms with E-state index in [9.17, 15) is 44.6 Å². The number of esters is 2. The summed E-state index contributed by atoms with van der Waals surface area (Å²) in [5, 5.41) is 49.4. The Hall–Kier alpha value is -1.41. The molecule has 46 heavy (non-hydrogen) atoms. The number of aliphatic hydroxyl groups is 5. The van der Waals surface area contributed by atoms with Crippen LogP contribution in [-0.2, 0) is 32.7 Å². The van der Waals surface area contributed by atoms with E-state index < -0.39 is 75.7 Å². The molecule has 6 atom stereocenters. The van der Waals surface area contributed by atoms with Crippen LogP contribution < -0.4 is 0 Å². The van der Waals surface area contributed by atoms with E-state index in [4.69, 9.17) is 18.5 Å². The van der Waals surface area contributed by atoms with Crippen molar-refractivity contribution >= 4 is 19.8 Å². The summed E-state index contributed by atoms with van der Waals surface area (Å²) in [5.41, 5.74) is 0. The zero-order valence-corrected chi connectivity index (χ0v) is 28.5. The maximum Gasteiger partial charge on any atom is 0.472 e. The van der Waals surface area contributed by atoms with Gasteiger partial charge in [-0.05, 0) is 32.1 Å². The van der Waals surface area contributed by atoms with Crippen molar-refractivity contribution in [3.63, 3.8) is 0 Å². The summed E-state index contributed by atoms with van der Waals surface area (Å²) >= 11 is 0. The SMILES string of the molecule is CCCCCCCC/C=C\CCCCCCCCCC(=O)OC(COC(=O)CC)COP(=O)(O)OC1C(O)C(O)C(O)C(O)C1O. The van der Waals surface area contributed by atoms with Crippen LogP contribution >= 0.6 is 7.82 Å². The Bertz CT molecular complexity index is 885. The van der Waals surface area contributed by atoms with E-state index in [-0.39, 0.29) is 12.8 Å². The van der Waals surface area contributed by atoms with Crippen LogP contribution in [0.2, 0.25) is 0 Å². The van der Waals surface area contributed by atoms with Gasteiger partial charge in [-0.25, -0.2) is 4.57 Å². The van der Waals surface area contributed by atoms with Crippen LogP contribution in [-0.4, -0.2) is 98.3 Å². The Morgan fingerprint density at radius 2 is 1.15 bits per heavy atom. The molecule has 14 heteroatoms. The van der Waals surface area contributed by atoms with Crippen molar-refractivity contribution in [2.75, 3.05) is 13.2 Å². The van der Waals surface area contributed by atoms with E-state index in [0.29, 0.717) is 6.42 Å². The zero-order valence-electron chi connectivity index (χ0n) is 27.6. The lowest BCUT2D eigenvalue weighted by atomic mass is 9.85. The van der Waals surface area contributed by atoms with Crippen LogP contribution in [0.15, 0.2) is 12.2 Å². The molecule has 0 spiro atoms. The van der Waals surface area contributed by atoms with E-state index in [0.717, 1.165) is 32.1 Å². The quantitative estimate of drug-likeness (QED) is 0.0330. The molecule has 1 aliphatic rings. The maximum atomic E-state index is 12.5. The van der Waals surface area contributed by atoms with Gasteiger partial charge in [0.1, 0.15) is 43.2 Å². The Kier molecular flexibility index (Phi) is 22.9. The minimum Gasteiger partial charge on any atom is -0.462 e. The average molecular weight is 683 g/mol. The average Bonchev–Trinajstić information content (AvgIpc) is 3.03. The van der Waals surface area contributed by atoms with Gasteiger partial charge in [0, 0.05) is 12.8 Å². The number of hydrogen-bond acceptors (Lipinski definition) is 12. The Morgan fingerprint density at radius 3 is 1.67 bits per heavy atom. The molecule has 0 bridgehead atoms. The standard InChI is InChI=1S/C32H59O13P/c1-3-5-6-7-8-9-10-11-12-13-14-15-16-17-18-19-20-21-26(34)44-24(22-42-25(33)4-2)23-43-46(40,41)45-32-30(38)28(36)27(35)29(37)31(32)39/h11-12,24,27-32,35-39H,3-10,13-23H2,1-2H3,(H,40,41)/b12-11-. The number of unbranched alkanes of at least 4 members (excludes halogenated alkanes) is 13. The van der Waals surface area contributed by atoms with Crippen molar-refractivity contribution in [1.82, 2.24) is 0 Å². The first-order chi connectivity index (χ1) is 21.9. The first-order valence-electron chi connectivity index (χ1n) is 17.0. The number of allylic oxidation sites excluding steroid dienone is 2. The Balaban J connectivity index is 2.33. The number of carbonyl (C=O) groups is 2. The van der Waals surface area contributed by atoms with Gasteiger partial charge in [-0.2, -0.15) is 0 Å². The fourth-order valence-electron chi connectivity index (χ4n) is 5.03. The second-order valence-corrected chi connectivity index (χ2v) is 13.4. The van der Waals surface area contributed by atoms with E-state index in [2.05, 4.69) is 19.1 Å². The summed E-state index contributed by atoms with van der Waals surface area (Å²) in [6.45, 7) is 2.60. The number of hydrogen-bond donors (Lipinski definition) is 6. The van der Waals surface area contributed by atoms with Crippen molar-refractivity contribution in [3.05, 3.63) is 12.2 Å². The minimum absolute atomic E-state index is 0.0487. The topological polar surface area (TPSA) is 210 Å². The first-order valence-corrected chi connectivity index (χ1v) is 18.5. The molecule has 1 saturated carbocycles. The summed E-state index contributed by atoms with van der Waals surface area (Å²) in [5.74, 6) is -1.20. The van der Waals surface area contributed by atoms with Gasteiger partial charge >= 0.3 is 19.8 Å². The molecule has 1 aliphatic carbocycles. The van der Waals surface area contributed by atoms with Crippen LogP contribution in [0.5, 0.6) is 0 Å². The summed E-state index contributed by atoms with van der Waals surface area (Å²) in [7, 11) is -5.08. The van der Waals surface area contributed by atoms with Crippen LogP contribution in [0.4, 0.5) is 0 Å². The lowest BCUT2D eigenvalue weighted by molar-refractivity contribution is -0.220. The molecule has 0 aromatic heterocycles. The van der Waals surface area contributed by atoms with Gasteiger partial charge < -0.3 is 39.9 Å². The van der Waals surface area contributed by atoms with Crippen molar-refractivity contribution in [3.8, 4) is 0 Å². The molecule has 0 aromatic carbocycles. The molecule has 0 saturated heterocycles. The molecule has 6 N–H and O–H groups in total. The Morgan fingerprint density at radius 1 is 0.674 bits per heavy atom. The molecule has 1 rings (SSSR count). The third kappa shape index (κ3) is 18.2. The van der Waals surface area contributed by atoms with Crippen LogP contribution in [0, 0.1) is 0 Å². The van der Waals surface area contributed by atoms with Gasteiger partial charge in [-0.3, -0.25) is 18.6 Å². The van der Waals surface area contributed by atoms with Gasteiger partial charge in [0.25, 0.3) is 0 Å². The first kappa shape index (κ1) is 42.6. The Labute approximate surface area is 273 Å². The molecule has 0 radical (unpaired) electrons. The predicted octanol–water partition coefficient (Wildman–Crippen LogP) is 3.99. The van der Waals surface area contributed by atoms with E-state index in [1.165, 1.54) is 57.8 Å². The summed E-state index contributed by atoms with van der Waals surface area (Å²) in [6.07, 6.45) is 8.69. The maximum absolute atomic E-state index is 12.5. The number of phosphoric acid groups is 1. The smallest absolute Gasteiger partial charge is 0.462 e. The van der Waals surface area contributed by atoms with Gasteiger partial charge in [0.05, 0.1) is 6.61 Å². The molecular formula is C32H59O13P. The van der Waals surface area contributed by atoms with Crippen LogP contribution in [0.25, 0.3) is 0 Å². The highest BCUT2D eigenvalue weighted by Crippen LogP contribution is 2.47. The van der Waals surface area contributed by atoms with E-state index in [1.807, 2.05) is 0 Å². The van der Waals surface area contributed by atoms with Crippen molar-refractivity contribution in [2.45, 2.75) is 166 Å². The van der Waals surface area contributed by atoms with Gasteiger partial charge in [-0.15, -0.1) is 0 Å². The van der Waals surface area contributed by atoms with E-state index >= 15 is 0 Å². The normalized spacial score (nSPS) is 25.3. The predicted molar refractivity (Wildman–Crippen MR) is 171 cm³/mol. The zero-order chi connectivity index (χ0) is 34.4. The summed E-state index contributed by atoms with van der Waals surface area (Å²) < 4.78 is 32.4. The second kappa shape index (κ2) is 24.7. The highest BCUT2D eigenvalue weighted by atomic mass is 31.2. The molecule has 0 aromatic rings. The van der Waals surface area contributed by atoms with Crippen molar-refractivity contribution < 1.29 is 63.1 Å². The number of ether oxygens (including phenoxy) is 2. The second-order valence-electron chi connectivity index (χ2n) is 12.0. The summed E-state index contributed by atoms with van der Waals surface area (Å²) in [4.78, 5) is 34.2. The highest BCUT2D eigenvalue weighted by molar-refractivity contribution is 7.47. The third-order valence-corrected chi connectivity index (χ3v) is 8.90. The van der Waals surface area contributed by atoms with Gasteiger partial charge in [-0.1, -0.05) is 90.2 Å². The number of aliphatic hydroxyl groups excluding tert-OH is 5. The van der Waals surface area contributed by atoms with Crippen LogP contribution in [0.3, 0.4) is 0 Å². The molecule has 0 heterocycles. The molecule has 270 valence electrons. The lowest BCUT2D eigenvalue weighted by Crippen LogP contribution is -2.64.